The fraction of sp³-hybridized carbons (Fsp3) is 0.367. The summed E-state index contributed by atoms with van der Waals surface area (Å²) in [5.41, 5.74) is 10.8. The van der Waals surface area contributed by atoms with Crippen LogP contribution in [-0.2, 0) is 6.54 Å². The van der Waals surface area contributed by atoms with Crippen LogP contribution in [0.2, 0.25) is 0 Å². The van der Waals surface area contributed by atoms with Gasteiger partial charge in [0.25, 0.3) is 5.91 Å². The van der Waals surface area contributed by atoms with E-state index in [0.717, 1.165) is 73.5 Å². The van der Waals surface area contributed by atoms with Gasteiger partial charge in [0.1, 0.15) is 6.17 Å². The fourth-order valence-electron chi connectivity index (χ4n) is 5.13. The highest BCUT2D eigenvalue weighted by molar-refractivity contribution is 5.97. The molecule has 0 aliphatic carbocycles. The van der Waals surface area contributed by atoms with Crippen LogP contribution in [0.25, 0.3) is 5.70 Å². The first-order chi connectivity index (χ1) is 19.9. The van der Waals surface area contributed by atoms with E-state index < -0.39 is 0 Å². The smallest absolute Gasteiger partial charge is 0.327 e. The molecule has 0 spiro atoms. The maximum absolute atomic E-state index is 12.9. The number of hydrogen-bond acceptors (Lipinski definition) is 6. The molecule has 216 valence electrons. The Hall–Kier alpha value is -4.35. The van der Waals surface area contributed by atoms with Crippen LogP contribution in [0.4, 0.5) is 10.5 Å². The van der Waals surface area contributed by atoms with E-state index in [-0.39, 0.29) is 30.1 Å². The van der Waals surface area contributed by atoms with Gasteiger partial charge in [-0.3, -0.25) is 15.1 Å². The van der Waals surface area contributed by atoms with Crippen LogP contribution < -0.4 is 37.2 Å². The molecule has 11 nitrogen and oxygen atoms in total. The summed E-state index contributed by atoms with van der Waals surface area (Å²) >= 11 is 0. The van der Waals surface area contributed by atoms with Gasteiger partial charge in [0.15, 0.2) is 5.96 Å². The van der Waals surface area contributed by atoms with Gasteiger partial charge in [-0.2, -0.15) is 0 Å². The van der Waals surface area contributed by atoms with E-state index in [2.05, 4.69) is 26.6 Å². The molecule has 0 aromatic heterocycles. The molecule has 3 heterocycles. The number of carbonyl (C=O) groups is 2. The summed E-state index contributed by atoms with van der Waals surface area (Å²) in [5.74, 6) is 0.0295. The lowest BCUT2D eigenvalue weighted by Gasteiger charge is -2.29. The van der Waals surface area contributed by atoms with Gasteiger partial charge in [0.2, 0.25) is 0 Å². The highest BCUT2D eigenvalue weighted by Crippen LogP contribution is 2.28. The standard InChI is InChI=1S/C30H39N9O2/c1-38(29(31)32)16-2-13-34-18-20-3-9-25(10-4-20)39-19-23-17-26(36-27(23)37-30(39)41)21-5-7-22(8-6-21)28(40)35-24-11-14-33-15-12-24/h3-10,17,19,24,27,33-34,36H,2,11-16,18H2,1H3,(H3,31,32)(H,35,40)(H,37,41). The number of piperidine rings is 1. The molecule has 3 amide bonds. The number of benzene rings is 2. The fourth-order valence-corrected chi connectivity index (χ4v) is 5.13. The van der Waals surface area contributed by atoms with Gasteiger partial charge in [-0.1, -0.05) is 24.3 Å². The molecule has 0 bridgehead atoms. The molecular weight excluding hydrogens is 518 g/mol. The zero-order chi connectivity index (χ0) is 28.8. The molecule has 8 N–H and O–H groups in total. The Labute approximate surface area is 240 Å². The summed E-state index contributed by atoms with van der Waals surface area (Å²) in [6.07, 6.45) is 6.37. The number of carbonyl (C=O) groups excluding carboxylic acids is 2. The van der Waals surface area contributed by atoms with Gasteiger partial charge < -0.3 is 37.2 Å². The number of guanidine groups is 1. The third-order valence-corrected chi connectivity index (χ3v) is 7.64. The van der Waals surface area contributed by atoms with Gasteiger partial charge in [-0.25, -0.2) is 4.79 Å². The first-order valence-corrected chi connectivity index (χ1v) is 14.1. The zero-order valence-corrected chi connectivity index (χ0v) is 23.4. The third-order valence-electron chi connectivity index (χ3n) is 7.64. The van der Waals surface area contributed by atoms with Crippen LogP contribution in [0.3, 0.4) is 0 Å². The summed E-state index contributed by atoms with van der Waals surface area (Å²) in [6.45, 7) is 4.12. The van der Waals surface area contributed by atoms with Crippen molar-refractivity contribution in [1.82, 2.24) is 31.5 Å². The Morgan fingerprint density at radius 1 is 1.10 bits per heavy atom. The third kappa shape index (κ3) is 7.05. The zero-order valence-electron chi connectivity index (χ0n) is 23.4. The normalized spacial score (nSPS) is 18.5. The van der Waals surface area contributed by atoms with Gasteiger partial charge in [-0.15, -0.1) is 0 Å². The number of anilines is 1. The quantitative estimate of drug-likeness (QED) is 0.134. The molecule has 0 radical (unpaired) electrons. The number of hydrogen-bond donors (Lipinski definition) is 7. The Morgan fingerprint density at radius 3 is 2.54 bits per heavy atom. The van der Waals surface area contributed by atoms with Crippen molar-refractivity contribution in [1.29, 1.82) is 5.41 Å². The predicted octanol–water partition coefficient (Wildman–Crippen LogP) is 1.86. The Morgan fingerprint density at radius 2 is 1.83 bits per heavy atom. The molecule has 5 rings (SSSR count). The van der Waals surface area contributed by atoms with Crippen molar-refractivity contribution in [2.24, 2.45) is 5.73 Å². The van der Waals surface area contributed by atoms with Crippen molar-refractivity contribution in [2.75, 3.05) is 38.1 Å². The predicted molar refractivity (Wildman–Crippen MR) is 161 cm³/mol. The molecular formula is C30H39N9O2. The van der Waals surface area contributed by atoms with E-state index in [9.17, 15) is 9.59 Å². The number of urea groups is 1. The largest absolute Gasteiger partial charge is 0.370 e. The molecule has 1 fully saturated rings. The molecule has 1 unspecified atom stereocenters. The monoisotopic (exact) mass is 557 g/mol. The van der Waals surface area contributed by atoms with Gasteiger partial charge in [-0.05, 0) is 80.4 Å². The van der Waals surface area contributed by atoms with Crippen LogP contribution in [0.1, 0.15) is 40.7 Å². The second-order valence-corrected chi connectivity index (χ2v) is 10.7. The topological polar surface area (TPSA) is 151 Å². The van der Waals surface area contributed by atoms with Gasteiger partial charge in [0, 0.05) is 49.2 Å². The number of nitrogens with two attached hydrogens (primary N) is 1. The molecule has 1 saturated heterocycles. The minimum absolute atomic E-state index is 0.0459. The van der Waals surface area contributed by atoms with Gasteiger partial charge >= 0.3 is 6.03 Å². The van der Waals surface area contributed by atoms with E-state index >= 15 is 0 Å². The summed E-state index contributed by atoms with van der Waals surface area (Å²) < 4.78 is 0. The minimum Gasteiger partial charge on any atom is -0.370 e. The van der Waals surface area contributed by atoms with Gasteiger partial charge in [0.05, 0.1) is 5.69 Å². The summed E-state index contributed by atoms with van der Waals surface area (Å²) in [6, 6.07) is 15.5. The van der Waals surface area contributed by atoms with Crippen LogP contribution in [0, 0.1) is 5.41 Å². The number of nitrogens with zero attached hydrogens (tertiary/aromatic N) is 2. The van der Waals surface area contributed by atoms with E-state index in [1.54, 1.807) is 9.80 Å². The first-order valence-electron chi connectivity index (χ1n) is 14.1. The number of nitrogens with one attached hydrogen (secondary N) is 6. The van der Waals surface area contributed by atoms with Crippen LogP contribution in [0.15, 0.2) is 66.4 Å². The van der Waals surface area contributed by atoms with E-state index in [0.29, 0.717) is 12.1 Å². The SMILES string of the molecule is CN(CCCNCc1ccc(N2C=C3C=C(c4ccc(C(=O)NC5CCNCC5)cc4)NC3NC2=O)cc1)C(=N)N. The average molecular weight is 558 g/mol. The molecule has 3 aliphatic heterocycles. The first kappa shape index (κ1) is 28.2. The summed E-state index contributed by atoms with van der Waals surface area (Å²) in [5, 5.41) is 23.6. The average Bonchev–Trinajstić information content (AvgIpc) is 3.40. The van der Waals surface area contributed by atoms with Crippen molar-refractivity contribution < 1.29 is 9.59 Å². The molecule has 2 aromatic carbocycles. The second-order valence-electron chi connectivity index (χ2n) is 10.7. The summed E-state index contributed by atoms with van der Waals surface area (Å²) in [4.78, 5) is 28.9. The molecule has 11 heteroatoms. The lowest BCUT2D eigenvalue weighted by atomic mass is 10.0. The highest BCUT2D eigenvalue weighted by Gasteiger charge is 2.31. The van der Waals surface area contributed by atoms with E-state index in [1.165, 1.54) is 0 Å². The van der Waals surface area contributed by atoms with Crippen LogP contribution in [-0.4, -0.2) is 68.2 Å². The molecule has 0 saturated carbocycles. The summed E-state index contributed by atoms with van der Waals surface area (Å²) in [7, 11) is 1.81. The molecule has 2 aromatic rings. The maximum Gasteiger partial charge on any atom is 0.327 e. The Balaban J connectivity index is 1.17. The number of amides is 3. The molecule has 41 heavy (non-hydrogen) atoms. The highest BCUT2D eigenvalue weighted by atomic mass is 16.2. The number of fused-ring (bicyclic) bond motifs is 1. The van der Waals surface area contributed by atoms with E-state index in [1.807, 2.05) is 67.9 Å². The Bertz CT molecular complexity index is 1310. The van der Waals surface area contributed by atoms with Crippen molar-refractivity contribution >= 4 is 29.3 Å². The van der Waals surface area contributed by atoms with Crippen molar-refractivity contribution in [3.8, 4) is 0 Å². The number of rotatable bonds is 10. The van der Waals surface area contributed by atoms with Crippen molar-refractivity contribution in [2.45, 2.75) is 38.0 Å². The van der Waals surface area contributed by atoms with E-state index in [4.69, 9.17) is 11.1 Å². The van der Waals surface area contributed by atoms with Crippen molar-refractivity contribution in [3.05, 3.63) is 83.1 Å². The van der Waals surface area contributed by atoms with Crippen molar-refractivity contribution in [3.63, 3.8) is 0 Å². The van der Waals surface area contributed by atoms with Crippen LogP contribution >= 0.6 is 0 Å². The lowest BCUT2D eigenvalue weighted by molar-refractivity contribution is 0.0929. The maximum atomic E-state index is 12.9. The molecule has 1 atom stereocenters. The van der Waals surface area contributed by atoms with Crippen LogP contribution in [0.5, 0.6) is 0 Å². The Kier molecular flexibility index (Phi) is 8.85. The second kappa shape index (κ2) is 12.9. The minimum atomic E-state index is -0.304. The lowest BCUT2D eigenvalue weighted by Crippen LogP contribution is -2.51. The molecule has 3 aliphatic rings.